The minimum absolute atomic E-state index is 0.0839. The average Bonchev–Trinajstić information content (AvgIpc) is 3.16. The summed E-state index contributed by atoms with van der Waals surface area (Å²) < 4.78 is 7.50. The van der Waals surface area contributed by atoms with Gasteiger partial charge in [-0.25, -0.2) is 4.98 Å². The Labute approximate surface area is 167 Å². The molecule has 0 aliphatic heterocycles. The van der Waals surface area contributed by atoms with Gasteiger partial charge in [0.15, 0.2) is 4.96 Å². The summed E-state index contributed by atoms with van der Waals surface area (Å²) in [5.41, 5.74) is 2.30. The summed E-state index contributed by atoms with van der Waals surface area (Å²) >= 11 is 1.62. The van der Waals surface area contributed by atoms with Gasteiger partial charge >= 0.3 is 0 Å². The smallest absolute Gasteiger partial charge is 0.255 e. The van der Waals surface area contributed by atoms with E-state index in [0.29, 0.717) is 24.5 Å². The van der Waals surface area contributed by atoms with Crippen LogP contribution in [-0.2, 0) is 11.3 Å². The summed E-state index contributed by atoms with van der Waals surface area (Å²) in [5, 5.41) is 2.68. The van der Waals surface area contributed by atoms with Crippen LogP contribution in [0.1, 0.15) is 33.5 Å². The first kappa shape index (κ1) is 19.9. The maximum absolute atomic E-state index is 12.5. The Balaban J connectivity index is 1.63. The Morgan fingerprint density at radius 3 is 2.79 bits per heavy atom. The first-order valence-corrected chi connectivity index (χ1v) is 9.90. The van der Waals surface area contributed by atoms with Crippen LogP contribution in [0.4, 0.5) is 0 Å². The van der Waals surface area contributed by atoms with Crippen LogP contribution in [0.3, 0.4) is 0 Å². The highest BCUT2D eigenvalue weighted by Crippen LogP contribution is 2.21. The molecule has 0 aliphatic rings. The molecule has 0 saturated heterocycles. The van der Waals surface area contributed by atoms with E-state index in [4.69, 9.17) is 4.74 Å². The summed E-state index contributed by atoms with van der Waals surface area (Å²) in [6.07, 6.45) is 2.03. The minimum Gasteiger partial charge on any atom is -0.493 e. The summed E-state index contributed by atoms with van der Waals surface area (Å²) in [6.45, 7) is 6.63. The third-order valence-corrected chi connectivity index (χ3v) is 5.28. The number of aryl methyl sites for hydroxylation is 2. The van der Waals surface area contributed by atoms with Crippen LogP contribution in [0.5, 0.6) is 5.75 Å². The van der Waals surface area contributed by atoms with Crippen molar-refractivity contribution in [1.82, 2.24) is 19.6 Å². The van der Waals surface area contributed by atoms with E-state index in [9.17, 15) is 9.59 Å². The largest absolute Gasteiger partial charge is 0.493 e. The monoisotopic (exact) mass is 400 g/mol. The third kappa shape index (κ3) is 4.17. The Bertz CT molecular complexity index is 1010. The second-order valence-electron chi connectivity index (χ2n) is 6.50. The number of hydrogen-bond acceptors (Lipinski definition) is 5. The SMILES string of the molecule is CCOc1ccccc1C(=O)NCC(=O)N(C)Cc1c(C)nc2sc(C)cn12. The van der Waals surface area contributed by atoms with E-state index in [-0.39, 0.29) is 18.4 Å². The van der Waals surface area contributed by atoms with Crippen molar-refractivity contribution in [1.29, 1.82) is 0 Å². The van der Waals surface area contributed by atoms with Crippen molar-refractivity contribution in [2.45, 2.75) is 27.3 Å². The number of carbonyl (C=O) groups excluding carboxylic acids is 2. The molecule has 2 amide bonds. The van der Waals surface area contributed by atoms with Crippen LogP contribution in [0.15, 0.2) is 30.5 Å². The molecule has 3 aromatic rings. The van der Waals surface area contributed by atoms with Gasteiger partial charge in [0.2, 0.25) is 5.91 Å². The van der Waals surface area contributed by atoms with Gasteiger partial charge in [-0.1, -0.05) is 12.1 Å². The van der Waals surface area contributed by atoms with Crippen LogP contribution in [0.25, 0.3) is 4.96 Å². The fraction of sp³-hybridized carbons (Fsp3) is 0.350. The van der Waals surface area contributed by atoms with Crippen molar-refractivity contribution in [2.24, 2.45) is 0 Å². The molecule has 1 N–H and O–H groups in total. The summed E-state index contributed by atoms with van der Waals surface area (Å²) in [6, 6.07) is 6.99. The third-order valence-electron chi connectivity index (χ3n) is 4.39. The highest BCUT2D eigenvalue weighted by molar-refractivity contribution is 7.17. The number of thiazole rings is 1. The molecule has 7 nitrogen and oxygen atoms in total. The number of carbonyl (C=O) groups is 2. The number of benzene rings is 1. The van der Waals surface area contributed by atoms with Crippen molar-refractivity contribution in [3.05, 3.63) is 52.3 Å². The molecule has 148 valence electrons. The van der Waals surface area contributed by atoms with Crippen LogP contribution in [-0.4, -0.2) is 46.3 Å². The minimum atomic E-state index is -0.331. The number of imidazole rings is 1. The molecule has 0 aliphatic carbocycles. The van der Waals surface area contributed by atoms with Crippen molar-refractivity contribution in [3.63, 3.8) is 0 Å². The van der Waals surface area contributed by atoms with Gasteiger partial charge in [0.25, 0.3) is 5.91 Å². The number of fused-ring (bicyclic) bond motifs is 1. The van der Waals surface area contributed by atoms with E-state index in [1.807, 2.05) is 37.4 Å². The molecule has 0 radical (unpaired) electrons. The van der Waals surface area contributed by atoms with Crippen LogP contribution in [0.2, 0.25) is 0 Å². The average molecular weight is 401 g/mol. The van der Waals surface area contributed by atoms with Gasteiger partial charge in [0, 0.05) is 18.1 Å². The molecule has 0 fully saturated rings. The zero-order valence-electron chi connectivity index (χ0n) is 16.5. The molecule has 0 unspecified atom stereocenters. The number of rotatable bonds is 7. The number of para-hydroxylation sites is 1. The lowest BCUT2D eigenvalue weighted by Gasteiger charge is -2.18. The van der Waals surface area contributed by atoms with Crippen molar-refractivity contribution < 1.29 is 14.3 Å². The molecule has 0 spiro atoms. The van der Waals surface area contributed by atoms with E-state index in [0.717, 1.165) is 21.2 Å². The fourth-order valence-corrected chi connectivity index (χ4v) is 3.82. The summed E-state index contributed by atoms with van der Waals surface area (Å²) in [7, 11) is 1.72. The molecule has 2 aromatic heterocycles. The number of nitrogens with zero attached hydrogens (tertiary/aromatic N) is 3. The van der Waals surface area contributed by atoms with E-state index in [2.05, 4.69) is 10.3 Å². The van der Waals surface area contributed by atoms with E-state index < -0.39 is 0 Å². The normalized spacial score (nSPS) is 10.9. The number of hydrogen-bond donors (Lipinski definition) is 1. The molecule has 2 heterocycles. The van der Waals surface area contributed by atoms with Crippen molar-refractivity contribution >= 4 is 28.1 Å². The quantitative estimate of drug-likeness (QED) is 0.662. The predicted molar refractivity (Wildman–Crippen MR) is 109 cm³/mol. The van der Waals surface area contributed by atoms with E-state index >= 15 is 0 Å². The van der Waals surface area contributed by atoms with Gasteiger partial charge in [-0.15, -0.1) is 11.3 Å². The lowest BCUT2D eigenvalue weighted by molar-refractivity contribution is -0.129. The molecule has 0 saturated carbocycles. The Kier molecular flexibility index (Phi) is 5.99. The molecule has 3 rings (SSSR count). The lowest BCUT2D eigenvalue weighted by atomic mass is 10.2. The van der Waals surface area contributed by atoms with Crippen molar-refractivity contribution in [3.8, 4) is 5.75 Å². The molecule has 0 bridgehead atoms. The number of likely N-dealkylation sites (N-methyl/N-ethyl adjacent to an activating group) is 1. The van der Waals surface area contributed by atoms with Gasteiger partial charge < -0.3 is 15.0 Å². The Morgan fingerprint density at radius 2 is 2.04 bits per heavy atom. The Morgan fingerprint density at radius 1 is 1.29 bits per heavy atom. The van der Waals surface area contributed by atoms with E-state index in [1.54, 1.807) is 41.5 Å². The predicted octanol–water partition coefficient (Wildman–Crippen LogP) is 2.80. The Hall–Kier alpha value is -2.87. The fourth-order valence-electron chi connectivity index (χ4n) is 2.93. The molecule has 1 aromatic carbocycles. The maximum Gasteiger partial charge on any atom is 0.255 e. The highest BCUT2D eigenvalue weighted by atomic mass is 32.1. The summed E-state index contributed by atoms with van der Waals surface area (Å²) in [5.74, 6) is -0.000802. The second kappa shape index (κ2) is 8.43. The topological polar surface area (TPSA) is 75.9 Å². The zero-order chi connectivity index (χ0) is 20.3. The summed E-state index contributed by atoms with van der Waals surface area (Å²) in [4.78, 5) is 33.2. The molecule has 0 atom stereocenters. The van der Waals surface area contributed by atoms with Crippen LogP contribution in [0, 0.1) is 13.8 Å². The van der Waals surface area contributed by atoms with Gasteiger partial charge in [-0.05, 0) is 32.9 Å². The van der Waals surface area contributed by atoms with E-state index in [1.165, 1.54) is 0 Å². The zero-order valence-corrected chi connectivity index (χ0v) is 17.3. The molecular weight excluding hydrogens is 376 g/mol. The number of aromatic nitrogens is 2. The van der Waals surface area contributed by atoms with Gasteiger partial charge in [-0.3, -0.25) is 14.0 Å². The number of ether oxygens (including phenoxy) is 1. The highest BCUT2D eigenvalue weighted by Gasteiger charge is 2.18. The van der Waals surface area contributed by atoms with Crippen LogP contribution < -0.4 is 10.1 Å². The van der Waals surface area contributed by atoms with Crippen LogP contribution >= 0.6 is 11.3 Å². The van der Waals surface area contributed by atoms with Gasteiger partial charge in [-0.2, -0.15) is 0 Å². The standard InChI is InChI=1S/C20H24N4O3S/c1-5-27-17-9-7-6-8-15(17)19(26)21-10-18(25)23(4)12-16-14(3)22-20-24(16)11-13(2)28-20/h6-9,11H,5,10,12H2,1-4H3,(H,21,26). The van der Waals surface area contributed by atoms with Gasteiger partial charge in [0.1, 0.15) is 5.75 Å². The lowest BCUT2D eigenvalue weighted by Crippen LogP contribution is -2.38. The molecular formula is C20H24N4O3S. The first-order valence-electron chi connectivity index (χ1n) is 9.08. The van der Waals surface area contributed by atoms with Crippen molar-refractivity contribution in [2.75, 3.05) is 20.2 Å². The van der Waals surface area contributed by atoms with Gasteiger partial charge in [0.05, 0.1) is 36.6 Å². The number of amides is 2. The second-order valence-corrected chi connectivity index (χ2v) is 7.71. The maximum atomic E-state index is 12.5. The first-order chi connectivity index (χ1) is 13.4. The molecule has 8 heteroatoms. The molecule has 28 heavy (non-hydrogen) atoms. The number of nitrogens with one attached hydrogen (secondary N) is 1.